The molecule has 0 spiro atoms. The first-order valence-electron chi connectivity index (χ1n) is 24.4. The standard InChI is InChI=1S/C50H69N3O19S2/c1-50(17-5-9-49(56)72-53-47(54)14-15-48(53)55)43-38-41(74(60,61)62)11-13-44(43)52(18-6-36-73(57,58)59)46(50)8-4-7-39-16-21-71-45-37-40(10-12-42(39)45)51(19-22-65-28-30-69-34-32-67-26-24-63-2)20-23-66-29-31-70-35-33-68-27-25-64-3/h4,7-8,10-13,16,21,37-38H,5-6,9,14-15,17-20,22-36H2,1-3H3,(H-,57,58,59,60,61,62). The molecule has 0 bridgehead atoms. The maximum Gasteiger partial charge on any atom is 0.333 e. The third-order valence-electron chi connectivity index (χ3n) is 12.0. The molecule has 5 rings (SSSR count). The van der Waals surface area contributed by atoms with Gasteiger partial charge in [0.05, 0.1) is 107 Å². The number of amides is 2. The van der Waals surface area contributed by atoms with E-state index in [2.05, 4.69) is 4.58 Å². The Labute approximate surface area is 432 Å². The van der Waals surface area contributed by atoms with E-state index in [1.165, 1.54) is 18.2 Å². The Hall–Kier alpha value is -4.96. The van der Waals surface area contributed by atoms with E-state index in [-0.39, 0.29) is 50.0 Å². The summed E-state index contributed by atoms with van der Waals surface area (Å²) in [6, 6.07) is 11.7. The molecule has 1 aliphatic carbocycles. The number of anilines is 1. The van der Waals surface area contributed by atoms with Crippen molar-refractivity contribution in [2.24, 2.45) is 0 Å². The Morgan fingerprint density at radius 3 is 1.89 bits per heavy atom. The summed E-state index contributed by atoms with van der Waals surface area (Å²) in [5.74, 6) is -2.16. The van der Waals surface area contributed by atoms with E-state index >= 15 is 0 Å². The van der Waals surface area contributed by atoms with Gasteiger partial charge in [0.15, 0.2) is 13.1 Å². The van der Waals surface area contributed by atoms with E-state index in [1.54, 1.807) is 43.6 Å². The molecule has 1 saturated heterocycles. The summed E-state index contributed by atoms with van der Waals surface area (Å²) in [5, 5.41) is 1.32. The van der Waals surface area contributed by atoms with Crippen molar-refractivity contribution in [1.29, 1.82) is 0 Å². The Morgan fingerprint density at radius 1 is 0.770 bits per heavy atom. The quantitative estimate of drug-likeness (QED) is 0.0379. The maximum atomic E-state index is 12.9. The molecule has 410 valence electrons. The van der Waals surface area contributed by atoms with Crippen molar-refractivity contribution < 1.29 is 87.5 Å². The van der Waals surface area contributed by atoms with Crippen LogP contribution in [0.3, 0.4) is 0 Å². The average Bonchev–Trinajstić information content (AvgIpc) is 3.79. The van der Waals surface area contributed by atoms with Crippen LogP contribution in [0.1, 0.15) is 56.6 Å². The molecule has 74 heavy (non-hydrogen) atoms. The molecule has 0 radical (unpaired) electrons. The summed E-state index contributed by atoms with van der Waals surface area (Å²) >= 11 is 0. The minimum Gasteiger partial charge on any atom is -0.748 e. The van der Waals surface area contributed by atoms with Crippen LogP contribution in [0.5, 0.6) is 0 Å². The molecule has 1 N–H and O–H groups in total. The highest BCUT2D eigenvalue weighted by molar-refractivity contribution is 7.86. The van der Waals surface area contributed by atoms with Gasteiger partial charge in [0, 0.05) is 74.2 Å². The van der Waals surface area contributed by atoms with Crippen LogP contribution in [-0.2, 0) is 82.8 Å². The highest BCUT2D eigenvalue weighted by Crippen LogP contribution is 2.51. The molecule has 3 aliphatic heterocycles. The van der Waals surface area contributed by atoms with Gasteiger partial charge in [-0.3, -0.25) is 14.1 Å². The minimum atomic E-state index is -4.67. The first kappa shape index (κ1) is 59.9. The Bertz CT molecular complexity index is 2580. The lowest BCUT2D eigenvalue weighted by Gasteiger charge is -2.30. The molecule has 3 heterocycles. The first-order chi connectivity index (χ1) is 35.6. The smallest absolute Gasteiger partial charge is 0.333 e. The molecule has 1 atom stereocenters. The number of rotatable bonds is 36. The molecule has 2 amide bonds. The number of hydrogen-bond donors (Lipinski definition) is 1. The van der Waals surface area contributed by atoms with Gasteiger partial charge in [0.2, 0.25) is 5.36 Å². The molecule has 0 aromatic heterocycles. The summed E-state index contributed by atoms with van der Waals surface area (Å²) in [5.41, 5.74) is 1.98. The summed E-state index contributed by atoms with van der Waals surface area (Å²) in [6.07, 6.45) is 6.85. The van der Waals surface area contributed by atoms with E-state index in [1.807, 2.05) is 31.2 Å². The molecule has 24 heteroatoms. The number of carbonyl (C=O) groups excluding carboxylic acids is 3. The number of fused-ring (bicyclic) bond motifs is 2. The molecule has 22 nitrogen and oxygen atoms in total. The molecule has 1 unspecified atom stereocenters. The van der Waals surface area contributed by atoms with Crippen LogP contribution in [0.25, 0.3) is 17.4 Å². The molecule has 4 aliphatic rings. The maximum absolute atomic E-state index is 12.9. The summed E-state index contributed by atoms with van der Waals surface area (Å²) in [4.78, 5) is 43.6. The van der Waals surface area contributed by atoms with Crippen molar-refractivity contribution >= 4 is 49.8 Å². The van der Waals surface area contributed by atoms with E-state index in [0.717, 1.165) is 16.5 Å². The third kappa shape index (κ3) is 19.0. The van der Waals surface area contributed by atoms with Crippen LogP contribution in [0.15, 0.2) is 75.9 Å². The van der Waals surface area contributed by atoms with Gasteiger partial charge in [-0.05, 0) is 73.7 Å². The normalized spacial score (nSPS) is 16.6. The fourth-order valence-electron chi connectivity index (χ4n) is 8.28. The van der Waals surface area contributed by atoms with Gasteiger partial charge < -0.3 is 56.6 Å². The van der Waals surface area contributed by atoms with Gasteiger partial charge in [0.25, 0.3) is 21.9 Å². The molecule has 1 aromatic rings. The number of imide groups is 1. The molecule has 1 aromatic carbocycles. The van der Waals surface area contributed by atoms with Crippen molar-refractivity contribution in [1.82, 2.24) is 9.64 Å². The van der Waals surface area contributed by atoms with Crippen molar-refractivity contribution in [2.75, 3.05) is 137 Å². The predicted octanol–water partition coefficient (Wildman–Crippen LogP) is 3.18. The van der Waals surface area contributed by atoms with E-state index < -0.39 is 49.2 Å². The first-order valence-corrected chi connectivity index (χ1v) is 27.4. The highest BCUT2D eigenvalue weighted by Gasteiger charge is 2.44. The van der Waals surface area contributed by atoms with E-state index in [4.69, 9.17) is 47.1 Å². The number of ether oxygens (including phenoxy) is 8. The summed E-state index contributed by atoms with van der Waals surface area (Å²) in [7, 11) is -6.03. The Morgan fingerprint density at radius 2 is 1.34 bits per heavy atom. The highest BCUT2D eigenvalue weighted by atomic mass is 32.2. The number of hydrogen-bond acceptors (Lipinski definition) is 19. The number of carbonyl (C=O) groups is 3. The zero-order valence-electron chi connectivity index (χ0n) is 42.3. The van der Waals surface area contributed by atoms with Crippen LogP contribution in [0.2, 0.25) is 0 Å². The van der Waals surface area contributed by atoms with Crippen LogP contribution < -0.4 is 14.8 Å². The van der Waals surface area contributed by atoms with Gasteiger partial charge >= 0.3 is 5.97 Å². The molecular formula is C50H69N3O19S2. The van der Waals surface area contributed by atoms with Gasteiger partial charge in [-0.25, -0.2) is 17.8 Å². The summed E-state index contributed by atoms with van der Waals surface area (Å²) in [6.45, 7) is 9.15. The van der Waals surface area contributed by atoms with Gasteiger partial charge in [-0.1, -0.05) is 12.2 Å². The van der Waals surface area contributed by atoms with Gasteiger partial charge in [-0.15, -0.1) is 5.06 Å². The lowest BCUT2D eigenvalue weighted by molar-refractivity contribution is -0.197. The third-order valence-corrected chi connectivity index (χ3v) is 13.7. The lowest BCUT2D eigenvalue weighted by atomic mass is 9.77. The van der Waals surface area contributed by atoms with Crippen molar-refractivity contribution in [3.05, 3.63) is 83.1 Å². The minimum absolute atomic E-state index is 0.0382. The fraction of sp³-hybridized carbons (Fsp3) is 0.560. The van der Waals surface area contributed by atoms with Crippen LogP contribution in [0.4, 0.5) is 5.69 Å². The molecule has 1 fully saturated rings. The van der Waals surface area contributed by atoms with E-state index in [0.29, 0.717) is 133 Å². The molecule has 0 saturated carbocycles. The van der Waals surface area contributed by atoms with Crippen molar-refractivity contribution in [3.63, 3.8) is 0 Å². The average molecular weight is 1080 g/mol. The SMILES string of the molecule is COCCOCCOCCOCC[N+](CCOCCOCCOCCOC)=c1ccc2c(/C=C/C=C3\N(CCCS(=O)(=O)[O-])c4ccc(S(=O)(=O)O)cc4C3(C)CCCC(=O)ON3C(=O)CCC3=O)ccoc-2c1. The number of hydroxylamine groups is 2. The number of nitrogens with zero attached hydrogens (tertiary/aromatic N) is 3. The monoisotopic (exact) mass is 1080 g/mol. The van der Waals surface area contributed by atoms with Crippen LogP contribution >= 0.6 is 0 Å². The Balaban J connectivity index is 1.38. The fourth-order valence-corrected chi connectivity index (χ4v) is 9.27. The second-order valence-corrected chi connectivity index (χ2v) is 20.2. The topological polar surface area (TPSA) is 268 Å². The number of allylic oxidation sites excluding steroid dienone is 3. The second-order valence-electron chi connectivity index (χ2n) is 17.3. The van der Waals surface area contributed by atoms with Crippen molar-refractivity contribution in [2.45, 2.75) is 55.8 Å². The zero-order chi connectivity index (χ0) is 53.4. The van der Waals surface area contributed by atoms with Gasteiger partial charge in [-0.2, -0.15) is 8.42 Å². The van der Waals surface area contributed by atoms with Crippen molar-refractivity contribution in [3.8, 4) is 11.3 Å². The molecular weight excluding hydrogens is 1010 g/mol. The van der Waals surface area contributed by atoms with Crippen LogP contribution in [-0.4, -0.2) is 181 Å². The zero-order valence-corrected chi connectivity index (χ0v) is 43.9. The summed E-state index contributed by atoms with van der Waals surface area (Å²) < 4.78 is 122. The largest absolute Gasteiger partial charge is 0.748 e. The lowest BCUT2D eigenvalue weighted by Crippen LogP contribution is -2.36. The predicted molar refractivity (Wildman–Crippen MR) is 267 cm³/mol. The van der Waals surface area contributed by atoms with Crippen LogP contribution in [0, 0.1) is 0 Å². The van der Waals surface area contributed by atoms with Gasteiger partial charge in [0.1, 0.15) is 19.0 Å². The Kier molecular flexibility index (Phi) is 24.7. The number of benzene rings is 2. The second kappa shape index (κ2) is 30.6. The number of methoxy groups -OCH3 is 2. The van der Waals surface area contributed by atoms with E-state index in [9.17, 15) is 40.3 Å².